The average molecular weight is 336 g/mol. The summed E-state index contributed by atoms with van der Waals surface area (Å²) in [7, 11) is 0. The van der Waals surface area contributed by atoms with Crippen LogP contribution in [0.25, 0.3) is 0 Å². The highest BCUT2D eigenvalue weighted by Crippen LogP contribution is 2.48. The zero-order valence-corrected chi connectivity index (χ0v) is 11.7. The summed E-state index contributed by atoms with van der Waals surface area (Å²) in [5.41, 5.74) is -4.04. The van der Waals surface area contributed by atoms with Crippen LogP contribution in [0.5, 0.6) is 0 Å². The number of benzene rings is 1. The van der Waals surface area contributed by atoms with Gasteiger partial charge in [0.15, 0.2) is 0 Å². The smallest absolute Gasteiger partial charge is 0.421 e. The third kappa shape index (κ3) is 2.95. The summed E-state index contributed by atoms with van der Waals surface area (Å²) >= 11 is 0. The van der Waals surface area contributed by atoms with Crippen LogP contribution in [0.15, 0.2) is 46.9 Å². The van der Waals surface area contributed by atoms with Gasteiger partial charge in [-0.2, -0.15) is 26.3 Å². The van der Waals surface area contributed by atoms with Gasteiger partial charge in [-0.3, -0.25) is 0 Å². The normalized spacial score (nSPS) is 17.9. The van der Waals surface area contributed by atoms with Gasteiger partial charge in [-0.15, -0.1) is 0 Å². The van der Waals surface area contributed by atoms with E-state index in [2.05, 4.69) is 16.6 Å². The van der Waals surface area contributed by atoms with Crippen molar-refractivity contribution in [3.8, 4) is 0 Å². The molecule has 0 aromatic heterocycles. The van der Waals surface area contributed by atoms with Crippen molar-refractivity contribution in [2.45, 2.75) is 24.9 Å². The predicted molar refractivity (Wildman–Crippen MR) is 71.3 cm³/mol. The Bertz CT molecular complexity index is 673. The Kier molecular flexibility index (Phi) is 4.00. The van der Waals surface area contributed by atoms with E-state index in [1.165, 1.54) is 18.2 Å². The molecule has 23 heavy (non-hydrogen) atoms. The van der Waals surface area contributed by atoms with Crippen molar-refractivity contribution in [2.24, 2.45) is 9.98 Å². The Labute approximate surface area is 127 Å². The molecular formula is C14H10F6N2O. The van der Waals surface area contributed by atoms with Gasteiger partial charge < -0.3 is 4.74 Å². The van der Waals surface area contributed by atoms with Gasteiger partial charge in [0, 0.05) is 5.56 Å². The molecule has 0 unspecified atom stereocenters. The van der Waals surface area contributed by atoms with Gasteiger partial charge in [-0.05, 0) is 25.1 Å². The summed E-state index contributed by atoms with van der Waals surface area (Å²) in [6.07, 6.45) is -10.9. The second kappa shape index (κ2) is 5.39. The average Bonchev–Trinajstić information content (AvgIpc) is 2.44. The summed E-state index contributed by atoms with van der Waals surface area (Å²) in [6.45, 7) is 4.74. The topological polar surface area (TPSA) is 34.0 Å². The first kappa shape index (κ1) is 17.0. The van der Waals surface area contributed by atoms with Crippen LogP contribution in [-0.2, 0) is 4.74 Å². The van der Waals surface area contributed by atoms with Crippen LogP contribution in [0.4, 0.5) is 26.3 Å². The van der Waals surface area contributed by atoms with Gasteiger partial charge in [0.05, 0.1) is 0 Å². The molecule has 0 atom stereocenters. The summed E-state index contributed by atoms with van der Waals surface area (Å²) < 4.78 is 83.8. The number of alkyl halides is 6. The van der Waals surface area contributed by atoms with E-state index in [0.29, 0.717) is 11.6 Å². The zero-order chi connectivity index (χ0) is 17.5. The lowest BCUT2D eigenvalue weighted by molar-refractivity contribution is -0.293. The minimum Gasteiger partial charge on any atom is -0.421 e. The van der Waals surface area contributed by atoms with Crippen molar-refractivity contribution in [3.63, 3.8) is 0 Å². The lowest BCUT2D eigenvalue weighted by Gasteiger charge is -2.33. The first-order valence-corrected chi connectivity index (χ1v) is 6.20. The van der Waals surface area contributed by atoms with E-state index in [0.717, 1.165) is 0 Å². The van der Waals surface area contributed by atoms with Crippen LogP contribution in [0.2, 0.25) is 0 Å². The molecule has 1 heterocycles. The highest BCUT2D eigenvalue weighted by molar-refractivity contribution is 6.06. The quantitative estimate of drug-likeness (QED) is 0.746. The maximum Gasteiger partial charge on any atom is 0.443 e. The molecule has 1 aromatic rings. The molecule has 2 rings (SSSR count). The molecule has 0 spiro atoms. The summed E-state index contributed by atoms with van der Waals surface area (Å²) in [5, 5.41) is 0. The highest BCUT2D eigenvalue weighted by atomic mass is 19.4. The van der Waals surface area contributed by atoms with E-state index in [-0.39, 0.29) is 5.56 Å². The van der Waals surface area contributed by atoms with Crippen molar-refractivity contribution in [1.29, 1.82) is 0 Å². The molecule has 3 nitrogen and oxygen atoms in total. The summed E-state index contributed by atoms with van der Waals surface area (Å²) in [4.78, 5) is 5.39. The number of rotatable bonds is 2. The molecule has 1 aliphatic heterocycles. The van der Waals surface area contributed by atoms with Crippen molar-refractivity contribution >= 4 is 11.8 Å². The lowest BCUT2D eigenvalue weighted by atomic mass is 10.1. The maximum atomic E-state index is 13.1. The first-order chi connectivity index (χ1) is 10.5. The molecule has 1 aromatic carbocycles. The van der Waals surface area contributed by atoms with Gasteiger partial charge in [-0.1, -0.05) is 24.3 Å². The Morgan fingerprint density at radius 2 is 1.70 bits per heavy atom. The maximum absolute atomic E-state index is 13.1. The van der Waals surface area contributed by atoms with Gasteiger partial charge in [0.25, 0.3) is 0 Å². The number of hydrogen-bond acceptors (Lipinski definition) is 3. The fourth-order valence-electron chi connectivity index (χ4n) is 1.88. The van der Waals surface area contributed by atoms with Crippen LogP contribution in [0, 0.1) is 6.92 Å². The van der Waals surface area contributed by atoms with E-state index in [1.54, 1.807) is 13.0 Å². The van der Waals surface area contributed by atoms with E-state index in [4.69, 9.17) is 4.74 Å². The standard InChI is InChI=1S/C14H10F6N2O/c1-3-10-21-12(13(15,16)17,14(18,19)20)22-11(23-10)9-6-4-5-8(2)7-9/h3-7H,1H2,2H3. The minimum atomic E-state index is -5.79. The van der Waals surface area contributed by atoms with Crippen LogP contribution in [0.3, 0.4) is 0 Å². The Hall–Kier alpha value is -2.32. The van der Waals surface area contributed by atoms with Gasteiger partial charge >= 0.3 is 18.0 Å². The third-order valence-electron chi connectivity index (χ3n) is 2.97. The first-order valence-electron chi connectivity index (χ1n) is 6.20. The predicted octanol–water partition coefficient (Wildman–Crippen LogP) is 4.18. The van der Waals surface area contributed by atoms with Crippen molar-refractivity contribution in [3.05, 3.63) is 48.0 Å². The molecule has 0 radical (unpaired) electrons. The molecule has 0 amide bonds. The van der Waals surface area contributed by atoms with Crippen molar-refractivity contribution < 1.29 is 31.1 Å². The molecule has 1 aliphatic rings. The van der Waals surface area contributed by atoms with Gasteiger partial charge in [0.2, 0.25) is 11.8 Å². The molecule has 0 saturated heterocycles. The largest absolute Gasteiger partial charge is 0.443 e. The molecule has 0 aliphatic carbocycles. The van der Waals surface area contributed by atoms with Crippen molar-refractivity contribution in [1.82, 2.24) is 0 Å². The summed E-state index contributed by atoms with van der Waals surface area (Å²) in [6, 6.07) is 5.71. The van der Waals surface area contributed by atoms with E-state index < -0.39 is 29.8 Å². The fourth-order valence-corrected chi connectivity index (χ4v) is 1.88. The van der Waals surface area contributed by atoms with Crippen LogP contribution < -0.4 is 0 Å². The second-order valence-corrected chi connectivity index (χ2v) is 4.71. The summed E-state index contributed by atoms with van der Waals surface area (Å²) in [5.74, 6) is -1.74. The lowest BCUT2D eigenvalue weighted by Crippen LogP contribution is -2.56. The molecule has 0 saturated carbocycles. The molecule has 0 bridgehead atoms. The van der Waals surface area contributed by atoms with Gasteiger partial charge in [0.1, 0.15) is 0 Å². The number of hydrogen-bond donors (Lipinski definition) is 0. The zero-order valence-electron chi connectivity index (χ0n) is 11.7. The highest BCUT2D eigenvalue weighted by Gasteiger charge is 2.73. The van der Waals surface area contributed by atoms with Crippen LogP contribution in [-0.4, -0.2) is 29.8 Å². The Balaban J connectivity index is 2.71. The Morgan fingerprint density at radius 3 is 2.17 bits per heavy atom. The molecule has 9 heteroatoms. The monoisotopic (exact) mass is 336 g/mol. The van der Waals surface area contributed by atoms with Crippen molar-refractivity contribution in [2.75, 3.05) is 0 Å². The fraction of sp³-hybridized carbons (Fsp3) is 0.286. The second-order valence-electron chi connectivity index (χ2n) is 4.71. The van der Waals surface area contributed by atoms with E-state index in [9.17, 15) is 26.3 Å². The van der Waals surface area contributed by atoms with Crippen LogP contribution in [0.1, 0.15) is 11.1 Å². The third-order valence-corrected chi connectivity index (χ3v) is 2.97. The van der Waals surface area contributed by atoms with E-state index >= 15 is 0 Å². The number of ether oxygens (including phenoxy) is 1. The number of nitrogens with zero attached hydrogens (tertiary/aromatic N) is 2. The molecular weight excluding hydrogens is 326 g/mol. The molecule has 0 fully saturated rings. The Morgan fingerprint density at radius 1 is 1.09 bits per heavy atom. The molecule has 124 valence electrons. The SMILES string of the molecule is C=CC1=NC(C(F)(F)F)(C(F)(F)F)N=C(c2cccc(C)c2)O1. The van der Waals surface area contributed by atoms with Crippen LogP contribution >= 0.6 is 0 Å². The number of halogens is 6. The minimum absolute atomic E-state index is 0.0304. The number of aryl methyl sites for hydroxylation is 1. The van der Waals surface area contributed by atoms with E-state index in [1.807, 2.05) is 0 Å². The van der Waals surface area contributed by atoms with Gasteiger partial charge in [-0.25, -0.2) is 9.98 Å². The number of aliphatic imine (C=N–C) groups is 2. The molecule has 0 N–H and O–H groups in total.